The molecule has 0 spiro atoms. The molecule has 1 aliphatic carbocycles. The van der Waals surface area contributed by atoms with Gasteiger partial charge in [0.05, 0.1) is 17.8 Å². The number of carbonyl (C=O) groups excluding carboxylic acids is 2. The van der Waals surface area contributed by atoms with E-state index in [0.717, 1.165) is 45.2 Å². The minimum atomic E-state index is -0.420. The van der Waals surface area contributed by atoms with Crippen LogP contribution in [-0.2, 0) is 14.3 Å². The number of hydrogen-bond donors (Lipinski definition) is 0. The minimum absolute atomic E-state index is 0.107. The van der Waals surface area contributed by atoms with Crippen LogP contribution in [-0.4, -0.2) is 61.5 Å². The molecule has 0 aromatic rings. The Morgan fingerprint density at radius 2 is 1.32 bits per heavy atom. The second-order valence-electron chi connectivity index (χ2n) is 10.6. The van der Waals surface area contributed by atoms with Gasteiger partial charge >= 0.3 is 5.97 Å². The maximum atomic E-state index is 13.3. The third-order valence-corrected chi connectivity index (χ3v) is 7.22. The second-order valence-corrected chi connectivity index (χ2v) is 10.6. The minimum Gasteiger partial charge on any atom is -0.462 e. The standard InChI is InChI=1S/C33H50N2O3/c1-5-6-7-8-9-10-11-12-13-14-15-16-17-18-19-20-27-38-33(37)31-29(3)22-21-28(2)30(31)32(36)35-25-23-34(4)24-26-35/h9-10,12-13H,5-8,11,14-20,23-27H2,1-4H3/b10-9+,13-12+. The number of carbonyl (C=O) groups is 2. The molecule has 2 rings (SSSR count). The quantitative estimate of drug-likeness (QED) is 0.0887. The van der Waals surface area contributed by atoms with Crippen LogP contribution in [0.15, 0.2) is 58.1 Å². The molecule has 38 heavy (non-hydrogen) atoms. The molecule has 5 nitrogen and oxygen atoms in total. The van der Waals surface area contributed by atoms with E-state index in [9.17, 15) is 9.59 Å². The molecular formula is C33H50N2O3. The number of amides is 1. The van der Waals surface area contributed by atoms with Crippen LogP contribution in [0, 0.1) is 0 Å². The van der Waals surface area contributed by atoms with E-state index in [-0.39, 0.29) is 5.91 Å². The summed E-state index contributed by atoms with van der Waals surface area (Å²) in [4.78, 5) is 30.3. The number of allylic oxidation sites excluding steroid dienone is 4. The number of rotatable bonds is 17. The van der Waals surface area contributed by atoms with Gasteiger partial charge in [0.25, 0.3) is 5.91 Å². The molecule has 0 radical (unpaired) electrons. The molecule has 0 N–H and O–H groups in total. The molecule has 0 bridgehead atoms. The van der Waals surface area contributed by atoms with E-state index in [0.29, 0.717) is 42.0 Å². The summed E-state index contributed by atoms with van der Waals surface area (Å²) >= 11 is 0. The van der Waals surface area contributed by atoms with Crippen molar-refractivity contribution in [2.45, 2.75) is 97.8 Å². The summed E-state index contributed by atoms with van der Waals surface area (Å²) in [5.41, 5.74) is 8.07. The number of unbranched alkanes of at least 4 members (excludes halogenated alkanes) is 9. The number of likely N-dealkylation sites (N-methyl/N-ethyl adjacent to an activating group) is 1. The summed E-state index contributed by atoms with van der Waals surface area (Å²) in [5, 5.41) is 0. The molecule has 0 aromatic heterocycles. The van der Waals surface area contributed by atoms with Gasteiger partial charge in [0.15, 0.2) is 0 Å². The van der Waals surface area contributed by atoms with Crippen LogP contribution in [0.3, 0.4) is 0 Å². The summed E-state index contributed by atoms with van der Waals surface area (Å²) in [6.07, 6.45) is 23.2. The molecule has 0 saturated carbocycles. The van der Waals surface area contributed by atoms with Crippen molar-refractivity contribution >= 4 is 11.9 Å². The Bertz CT molecular complexity index is 951. The van der Waals surface area contributed by atoms with Crippen molar-refractivity contribution < 1.29 is 14.3 Å². The maximum absolute atomic E-state index is 13.3. The smallest absolute Gasteiger partial charge is 0.339 e. The highest BCUT2D eigenvalue weighted by Crippen LogP contribution is 2.26. The Balaban J connectivity index is 1.63. The summed E-state index contributed by atoms with van der Waals surface area (Å²) in [7, 11) is 2.05. The fourth-order valence-electron chi connectivity index (χ4n) is 4.70. The summed E-state index contributed by atoms with van der Waals surface area (Å²) < 4.78 is 5.61. The molecule has 1 saturated heterocycles. The number of ether oxygens (including phenoxy) is 1. The maximum Gasteiger partial charge on any atom is 0.339 e. The SMILES string of the molecule is CCCCC/C=C/C/C=C/CCCCCCCCOC(=O)C1=C(C(=O)N2CCN(C)CC2)C(C)=C=C=C1C. The molecule has 210 valence electrons. The van der Waals surface area contributed by atoms with Crippen LogP contribution in [0.1, 0.15) is 97.8 Å². The zero-order chi connectivity index (χ0) is 27.6. The van der Waals surface area contributed by atoms with Crippen molar-refractivity contribution in [1.29, 1.82) is 0 Å². The van der Waals surface area contributed by atoms with Crippen LogP contribution >= 0.6 is 0 Å². The van der Waals surface area contributed by atoms with Gasteiger partial charge in [-0.25, -0.2) is 4.79 Å². The first-order valence-electron chi connectivity index (χ1n) is 14.8. The zero-order valence-electron chi connectivity index (χ0n) is 24.4. The van der Waals surface area contributed by atoms with E-state index in [2.05, 4.69) is 54.6 Å². The third-order valence-electron chi connectivity index (χ3n) is 7.22. The van der Waals surface area contributed by atoms with E-state index in [1.165, 1.54) is 44.9 Å². The van der Waals surface area contributed by atoms with Gasteiger partial charge in [-0.1, -0.05) is 81.2 Å². The number of hydrogen-bond acceptors (Lipinski definition) is 4. The lowest BCUT2D eigenvalue weighted by Crippen LogP contribution is -2.48. The topological polar surface area (TPSA) is 49.9 Å². The number of piperazine rings is 1. The van der Waals surface area contributed by atoms with Gasteiger partial charge in [-0.3, -0.25) is 4.79 Å². The van der Waals surface area contributed by atoms with Crippen molar-refractivity contribution in [2.75, 3.05) is 39.8 Å². The second kappa shape index (κ2) is 18.6. The Kier molecular flexibility index (Phi) is 15.5. The predicted molar refractivity (Wildman–Crippen MR) is 157 cm³/mol. The molecule has 2 aliphatic rings. The number of nitrogens with zero attached hydrogens (tertiary/aromatic N) is 2. The van der Waals surface area contributed by atoms with Crippen LogP contribution in [0.25, 0.3) is 0 Å². The molecule has 1 heterocycles. The van der Waals surface area contributed by atoms with Crippen molar-refractivity contribution in [3.63, 3.8) is 0 Å². The summed E-state index contributed by atoms with van der Waals surface area (Å²) in [5.74, 6) is -0.527. The Labute approximate surface area is 231 Å². The van der Waals surface area contributed by atoms with Crippen LogP contribution in [0.2, 0.25) is 0 Å². The summed E-state index contributed by atoms with van der Waals surface area (Å²) in [6, 6.07) is 0. The first-order valence-corrected chi connectivity index (χ1v) is 14.8. The monoisotopic (exact) mass is 522 g/mol. The molecule has 0 aromatic carbocycles. The fourth-order valence-corrected chi connectivity index (χ4v) is 4.70. The lowest BCUT2D eigenvalue weighted by molar-refractivity contribution is -0.139. The first-order chi connectivity index (χ1) is 18.5. The van der Waals surface area contributed by atoms with Gasteiger partial charge in [0.2, 0.25) is 0 Å². The lowest BCUT2D eigenvalue weighted by Gasteiger charge is -2.33. The normalized spacial score (nSPS) is 16.5. The van der Waals surface area contributed by atoms with Crippen molar-refractivity contribution in [2.24, 2.45) is 0 Å². The fraction of sp³-hybridized carbons (Fsp3) is 0.636. The highest BCUT2D eigenvalue weighted by Gasteiger charge is 2.30. The lowest BCUT2D eigenvalue weighted by atomic mass is 9.92. The number of esters is 1. The molecule has 1 amide bonds. The molecule has 1 fully saturated rings. The van der Waals surface area contributed by atoms with Crippen LogP contribution in [0.5, 0.6) is 0 Å². The zero-order valence-corrected chi connectivity index (χ0v) is 24.4. The predicted octanol–water partition coefficient (Wildman–Crippen LogP) is 7.07. The van der Waals surface area contributed by atoms with E-state index >= 15 is 0 Å². The van der Waals surface area contributed by atoms with E-state index in [1.807, 2.05) is 11.8 Å². The molecule has 0 unspecified atom stereocenters. The molecule has 0 atom stereocenters. The Hall–Kier alpha value is -2.58. The first kappa shape index (κ1) is 31.6. The Morgan fingerprint density at radius 1 is 0.763 bits per heavy atom. The Morgan fingerprint density at radius 3 is 1.95 bits per heavy atom. The van der Waals surface area contributed by atoms with Gasteiger partial charge in [-0.2, -0.15) is 0 Å². The molecule has 1 aliphatic heterocycles. The van der Waals surface area contributed by atoms with E-state index < -0.39 is 5.97 Å². The molecule has 5 heteroatoms. The third kappa shape index (κ3) is 11.4. The van der Waals surface area contributed by atoms with E-state index in [1.54, 1.807) is 6.92 Å². The largest absolute Gasteiger partial charge is 0.462 e. The molecular weight excluding hydrogens is 472 g/mol. The van der Waals surface area contributed by atoms with Crippen molar-refractivity contribution in [1.82, 2.24) is 9.80 Å². The van der Waals surface area contributed by atoms with Gasteiger partial charge in [-0.05, 0) is 59.4 Å². The highest BCUT2D eigenvalue weighted by molar-refractivity contribution is 6.08. The van der Waals surface area contributed by atoms with E-state index in [4.69, 9.17) is 4.74 Å². The van der Waals surface area contributed by atoms with Gasteiger partial charge in [0, 0.05) is 37.3 Å². The van der Waals surface area contributed by atoms with Gasteiger partial charge in [0.1, 0.15) is 0 Å². The van der Waals surface area contributed by atoms with Gasteiger partial charge < -0.3 is 14.5 Å². The average molecular weight is 523 g/mol. The summed E-state index contributed by atoms with van der Waals surface area (Å²) in [6.45, 7) is 9.23. The van der Waals surface area contributed by atoms with Gasteiger partial charge in [-0.15, -0.1) is 0 Å². The van der Waals surface area contributed by atoms with Crippen LogP contribution < -0.4 is 0 Å². The van der Waals surface area contributed by atoms with Crippen LogP contribution in [0.4, 0.5) is 0 Å². The average Bonchev–Trinajstić information content (AvgIpc) is 2.91. The highest BCUT2D eigenvalue weighted by atomic mass is 16.5. The van der Waals surface area contributed by atoms with Crippen molar-refractivity contribution in [3.8, 4) is 0 Å². The van der Waals surface area contributed by atoms with Crippen molar-refractivity contribution in [3.05, 3.63) is 58.1 Å².